The van der Waals surface area contributed by atoms with Gasteiger partial charge >= 0.3 is 0 Å². The molecule has 0 aliphatic rings. The number of carbonyl (C=O) groups is 1. The van der Waals surface area contributed by atoms with Crippen LogP contribution in [0.1, 0.15) is 23.2 Å². The molecule has 1 aromatic carbocycles. The summed E-state index contributed by atoms with van der Waals surface area (Å²) in [5.41, 5.74) is 1.61. The number of rotatable bonds is 7. The first-order valence-electron chi connectivity index (χ1n) is 7.28. The molecule has 0 unspecified atom stereocenters. The first-order valence-corrected chi connectivity index (χ1v) is 8.26. The van der Waals surface area contributed by atoms with Crippen LogP contribution in [0, 0.1) is 0 Å². The third-order valence-electron chi connectivity index (χ3n) is 3.20. The molecule has 3 rings (SSSR count). The zero-order valence-electron chi connectivity index (χ0n) is 12.4. The number of ketones is 1. The summed E-state index contributed by atoms with van der Waals surface area (Å²) < 4.78 is 5.59. The SMILES string of the molecule is O=C(CCCSc1nnc(-c2ccncc2)o1)c1ccccc1. The van der Waals surface area contributed by atoms with Gasteiger partial charge in [0.25, 0.3) is 5.22 Å². The van der Waals surface area contributed by atoms with Gasteiger partial charge in [-0.15, -0.1) is 10.2 Å². The molecule has 0 saturated carbocycles. The molecule has 0 fully saturated rings. The predicted molar refractivity (Wildman–Crippen MR) is 88.3 cm³/mol. The van der Waals surface area contributed by atoms with Crippen LogP contribution in [0.5, 0.6) is 0 Å². The Kier molecular flexibility index (Phi) is 5.16. The molecule has 3 aromatic rings. The van der Waals surface area contributed by atoms with E-state index in [9.17, 15) is 4.79 Å². The van der Waals surface area contributed by atoms with E-state index in [1.807, 2.05) is 42.5 Å². The van der Waals surface area contributed by atoms with Crippen molar-refractivity contribution in [2.24, 2.45) is 0 Å². The van der Waals surface area contributed by atoms with E-state index in [-0.39, 0.29) is 5.78 Å². The maximum absolute atomic E-state index is 12.0. The molecule has 23 heavy (non-hydrogen) atoms. The van der Waals surface area contributed by atoms with Gasteiger partial charge in [-0.25, -0.2) is 0 Å². The van der Waals surface area contributed by atoms with Crippen molar-refractivity contribution in [3.05, 3.63) is 60.4 Å². The lowest BCUT2D eigenvalue weighted by Crippen LogP contribution is -1.99. The van der Waals surface area contributed by atoms with Crippen LogP contribution < -0.4 is 0 Å². The Hall–Kier alpha value is -2.47. The summed E-state index contributed by atoms with van der Waals surface area (Å²) in [4.78, 5) is 15.9. The van der Waals surface area contributed by atoms with Gasteiger partial charge in [-0.1, -0.05) is 42.1 Å². The highest BCUT2D eigenvalue weighted by molar-refractivity contribution is 7.99. The van der Waals surface area contributed by atoms with Crippen molar-refractivity contribution in [3.63, 3.8) is 0 Å². The van der Waals surface area contributed by atoms with Crippen LogP contribution in [0.2, 0.25) is 0 Å². The summed E-state index contributed by atoms with van der Waals surface area (Å²) in [5, 5.41) is 8.54. The van der Waals surface area contributed by atoms with E-state index in [2.05, 4.69) is 15.2 Å². The number of hydrogen-bond donors (Lipinski definition) is 0. The minimum atomic E-state index is 0.161. The summed E-state index contributed by atoms with van der Waals surface area (Å²) in [7, 11) is 0. The predicted octanol–water partition coefficient (Wildman–Crippen LogP) is 3.89. The maximum atomic E-state index is 12.0. The Balaban J connectivity index is 1.46. The molecule has 0 aliphatic heterocycles. The summed E-state index contributed by atoms with van der Waals surface area (Å²) in [6.45, 7) is 0. The average molecular weight is 325 g/mol. The Bertz CT molecular complexity index is 760. The average Bonchev–Trinajstić information content (AvgIpc) is 3.09. The fourth-order valence-corrected chi connectivity index (χ4v) is 2.74. The van der Waals surface area contributed by atoms with E-state index >= 15 is 0 Å². The second-order valence-corrected chi connectivity index (χ2v) is 5.90. The first-order chi connectivity index (χ1) is 11.3. The molecule has 0 aliphatic carbocycles. The zero-order chi connectivity index (χ0) is 15.9. The molecule has 6 heteroatoms. The van der Waals surface area contributed by atoms with E-state index in [1.54, 1.807) is 12.4 Å². The standard InChI is InChI=1S/C17H15N3O2S/c21-15(13-5-2-1-3-6-13)7-4-12-23-17-20-19-16(22-17)14-8-10-18-11-9-14/h1-3,5-6,8-11H,4,7,12H2. The molecule has 0 amide bonds. The smallest absolute Gasteiger partial charge is 0.276 e. The Labute approximate surface area is 138 Å². The normalized spacial score (nSPS) is 10.6. The second-order valence-electron chi connectivity index (χ2n) is 4.85. The number of Topliss-reactive ketones (excluding diaryl/α,β-unsaturated/α-hetero) is 1. The van der Waals surface area contributed by atoms with E-state index in [4.69, 9.17) is 4.42 Å². The van der Waals surface area contributed by atoms with Gasteiger partial charge in [0, 0.05) is 35.7 Å². The fourth-order valence-electron chi connectivity index (χ4n) is 2.04. The largest absolute Gasteiger partial charge is 0.411 e. The topological polar surface area (TPSA) is 68.9 Å². The monoisotopic (exact) mass is 325 g/mol. The van der Waals surface area contributed by atoms with Crippen molar-refractivity contribution in [1.29, 1.82) is 0 Å². The van der Waals surface area contributed by atoms with Crippen molar-refractivity contribution in [2.45, 2.75) is 18.1 Å². The third kappa shape index (κ3) is 4.26. The van der Waals surface area contributed by atoms with Gasteiger partial charge in [0.15, 0.2) is 5.78 Å². The number of benzene rings is 1. The zero-order valence-corrected chi connectivity index (χ0v) is 13.2. The summed E-state index contributed by atoms with van der Waals surface area (Å²) in [5.74, 6) is 1.40. The van der Waals surface area contributed by atoms with Crippen LogP contribution in [-0.2, 0) is 0 Å². The van der Waals surface area contributed by atoms with Crippen molar-refractivity contribution in [3.8, 4) is 11.5 Å². The number of carbonyl (C=O) groups excluding carboxylic acids is 1. The van der Waals surface area contributed by atoms with Gasteiger partial charge in [0.05, 0.1) is 0 Å². The lowest BCUT2D eigenvalue weighted by molar-refractivity contribution is 0.0982. The summed E-state index contributed by atoms with van der Waals surface area (Å²) >= 11 is 1.46. The van der Waals surface area contributed by atoms with Crippen LogP contribution >= 0.6 is 11.8 Å². The number of nitrogens with zero attached hydrogens (tertiary/aromatic N) is 3. The number of hydrogen-bond acceptors (Lipinski definition) is 6. The lowest BCUT2D eigenvalue weighted by atomic mass is 10.1. The summed E-state index contributed by atoms with van der Waals surface area (Å²) in [6, 6.07) is 13.0. The first kappa shape index (κ1) is 15.4. The molecular formula is C17H15N3O2S. The minimum absolute atomic E-state index is 0.161. The number of thioether (sulfide) groups is 1. The highest BCUT2D eigenvalue weighted by Crippen LogP contribution is 2.23. The molecule has 0 radical (unpaired) electrons. The van der Waals surface area contributed by atoms with Crippen LogP contribution in [0.25, 0.3) is 11.5 Å². The molecule has 0 saturated heterocycles. The minimum Gasteiger partial charge on any atom is -0.411 e. The molecule has 2 aromatic heterocycles. The van der Waals surface area contributed by atoms with Gasteiger partial charge in [-0.3, -0.25) is 9.78 Å². The second kappa shape index (κ2) is 7.69. The molecule has 116 valence electrons. The van der Waals surface area contributed by atoms with Gasteiger partial charge in [0.2, 0.25) is 5.89 Å². The quantitative estimate of drug-likeness (QED) is 0.373. The fraction of sp³-hybridized carbons (Fsp3) is 0.176. The number of aromatic nitrogens is 3. The molecule has 0 spiro atoms. The molecule has 0 N–H and O–H groups in total. The lowest BCUT2D eigenvalue weighted by Gasteiger charge is -1.99. The highest BCUT2D eigenvalue weighted by Gasteiger charge is 2.09. The molecule has 5 nitrogen and oxygen atoms in total. The molecule has 0 atom stereocenters. The number of pyridine rings is 1. The van der Waals surface area contributed by atoms with Crippen LogP contribution in [0.15, 0.2) is 64.5 Å². The van der Waals surface area contributed by atoms with Crippen molar-refractivity contribution in [2.75, 3.05) is 5.75 Å². The van der Waals surface area contributed by atoms with E-state index in [1.165, 1.54) is 11.8 Å². The van der Waals surface area contributed by atoms with E-state index in [0.29, 0.717) is 17.5 Å². The Morgan fingerprint density at radius 3 is 2.61 bits per heavy atom. The molecule has 2 heterocycles. The highest BCUT2D eigenvalue weighted by atomic mass is 32.2. The van der Waals surface area contributed by atoms with Crippen molar-refractivity contribution in [1.82, 2.24) is 15.2 Å². The summed E-state index contributed by atoms with van der Waals surface area (Å²) in [6.07, 6.45) is 4.65. The van der Waals surface area contributed by atoms with Crippen LogP contribution in [0.3, 0.4) is 0 Å². The Morgan fingerprint density at radius 2 is 1.83 bits per heavy atom. The van der Waals surface area contributed by atoms with Crippen LogP contribution in [-0.4, -0.2) is 26.7 Å². The van der Waals surface area contributed by atoms with Crippen LogP contribution in [0.4, 0.5) is 0 Å². The van der Waals surface area contributed by atoms with Gasteiger partial charge in [-0.2, -0.15) is 0 Å². The van der Waals surface area contributed by atoms with Gasteiger partial charge in [0.1, 0.15) is 0 Å². The van der Waals surface area contributed by atoms with E-state index in [0.717, 1.165) is 23.3 Å². The Morgan fingerprint density at radius 1 is 1.04 bits per heavy atom. The maximum Gasteiger partial charge on any atom is 0.276 e. The van der Waals surface area contributed by atoms with Crippen molar-refractivity contribution < 1.29 is 9.21 Å². The third-order valence-corrected chi connectivity index (χ3v) is 4.11. The van der Waals surface area contributed by atoms with Gasteiger partial charge < -0.3 is 4.42 Å². The molecule has 0 bridgehead atoms. The van der Waals surface area contributed by atoms with E-state index < -0.39 is 0 Å². The molecular weight excluding hydrogens is 310 g/mol. The van der Waals surface area contributed by atoms with Crippen molar-refractivity contribution >= 4 is 17.5 Å². The van der Waals surface area contributed by atoms with Gasteiger partial charge in [-0.05, 0) is 18.6 Å².